The van der Waals surface area contributed by atoms with E-state index in [-0.39, 0.29) is 0 Å². The Kier molecular flexibility index (Phi) is 5.26. The monoisotopic (exact) mass is 384 g/mol. The van der Waals surface area contributed by atoms with Crippen LogP contribution in [0.3, 0.4) is 0 Å². The molecule has 3 heterocycles. The predicted molar refractivity (Wildman–Crippen MR) is 109 cm³/mol. The van der Waals surface area contributed by atoms with Crippen molar-refractivity contribution in [3.63, 3.8) is 0 Å². The molecule has 8 heteroatoms. The molecule has 4 rings (SSSR count). The Hall–Kier alpha value is -2.58. The maximum absolute atomic E-state index is 5.20. The highest BCUT2D eigenvalue weighted by Crippen LogP contribution is 2.25. The van der Waals surface area contributed by atoms with Gasteiger partial charge in [0.15, 0.2) is 0 Å². The summed E-state index contributed by atoms with van der Waals surface area (Å²) in [6, 6.07) is 12.1. The van der Waals surface area contributed by atoms with Crippen molar-refractivity contribution in [3.8, 4) is 10.9 Å². The molecule has 27 heavy (non-hydrogen) atoms. The Morgan fingerprint density at radius 2 is 1.78 bits per heavy atom. The lowest BCUT2D eigenvalue weighted by Crippen LogP contribution is -2.44. The second-order valence-electron chi connectivity index (χ2n) is 6.61. The molecule has 0 saturated carbocycles. The van der Waals surface area contributed by atoms with Gasteiger partial charge in [0, 0.05) is 43.8 Å². The van der Waals surface area contributed by atoms with Crippen molar-refractivity contribution in [1.29, 1.82) is 0 Å². The zero-order valence-corrected chi connectivity index (χ0v) is 16.4. The quantitative estimate of drug-likeness (QED) is 0.705. The molecule has 1 aliphatic heterocycles. The van der Waals surface area contributed by atoms with Gasteiger partial charge in [0.05, 0.1) is 13.7 Å². The topological polar surface area (TPSA) is 58.5 Å². The lowest BCUT2D eigenvalue weighted by Gasteiger charge is -2.31. The number of aromatic nitrogens is 3. The van der Waals surface area contributed by atoms with Crippen molar-refractivity contribution in [2.45, 2.75) is 6.54 Å². The smallest absolute Gasteiger partial charge is 0.218 e. The molecule has 0 atom stereocenters. The summed E-state index contributed by atoms with van der Waals surface area (Å²) in [5, 5.41) is 14.2. The molecule has 0 unspecified atom stereocenters. The van der Waals surface area contributed by atoms with E-state index in [1.54, 1.807) is 18.4 Å². The minimum Gasteiger partial charge on any atom is -0.497 e. The van der Waals surface area contributed by atoms with Crippen LogP contribution in [0.25, 0.3) is 5.13 Å². The Balaban J connectivity index is 1.44. The standard InChI is InChI=1S/C19H24N6OS/c1-23-10-12-24(13-11-23)18-21-22-19(27-18)25-9-3-4-16(25)14-20-15-5-7-17(26-2)8-6-15/h3-9,20H,10-14H2,1-2H3. The average molecular weight is 385 g/mol. The van der Waals surface area contributed by atoms with Crippen molar-refractivity contribution in [2.24, 2.45) is 0 Å². The van der Waals surface area contributed by atoms with Crippen molar-refractivity contribution in [3.05, 3.63) is 48.3 Å². The SMILES string of the molecule is COc1ccc(NCc2cccn2-c2nnc(N3CCN(C)CC3)s2)cc1. The number of nitrogens with one attached hydrogen (secondary N) is 1. The van der Waals surface area contributed by atoms with Crippen LogP contribution in [-0.2, 0) is 6.54 Å². The number of nitrogens with zero attached hydrogens (tertiary/aromatic N) is 5. The average Bonchev–Trinajstić information content (AvgIpc) is 3.36. The van der Waals surface area contributed by atoms with Crippen LogP contribution in [0, 0.1) is 0 Å². The molecule has 2 aromatic heterocycles. The van der Waals surface area contributed by atoms with Gasteiger partial charge in [0.2, 0.25) is 10.3 Å². The minimum atomic E-state index is 0.711. The normalized spacial score (nSPS) is 15.1. The maximum Gasteiger partial charge on any atom is 0.218 e. The van der Waals surface area contributed by atoms with Gasteiger partial charge >= 0.3 is 0 Å². The molecule has 1 N–H and O–H groups in total. The van der Waals surface area contributed by atoms with Gasteiger partial charge in [-0.05, 0) is 43.4 Å². The highest BCUT2D eigenvalue weighted by atomic mass is 32.1. The molecule has 3 aromatic rings. The predicted octanol–water partition coefficient (Wildman–Crippen LogP) is 2.70. The molecule has 1 saturated heterocycles. The van der Waals surface area contributed by atoms with E-state index < -0.39 is 0 Å². The van der Waals surface area contributed by atoms with Crippen molar-refractivity contribution in [1.82, 2.24) is 19.7 Å². The summed E-state index contributed by atoms with van der Waals surface area (Å²) in [5.41, 5.74) is 2.20. The Bertz CT molecular complexity index is 866. The van der Waals surface area contributed by atoms with E-state index in [0.717, 1.165) is 53.6 Å². The molecule has 7 nitrogen and oxygen atoms in total. The summed E-state index contributed by atoms with van der Waals surface area (Å²) >= 11 is 1.64. The zero-order valence-electron chi connectivity index (χ0n) is 15.6. The first-order valence-corrected chi connectivity index (χ1v) is 9.86. The molecule has 0 radical (unpaired) electrons. The first-order chi connectivity index (χ1) is 13.2. The molecule has 0 spiro atoms. The van der Waals surface area contributed by atoms with Crippen LogP contribution >= 0.6 is 11.3 Å². The number of hydrogen-bond donors (Lipinski definition) is 1. The van der Waals surface area contributed by atoms with E-state index in [1.165, 1.54) is 0 Å². The van der Waals surface area contributed by atoms with E-state index in [4.69, 9.17) is 4.74 Å². The summed E-state index contributed by atoms with van der Waals surface area (Å²) in [5.74, 6) is 0.856. The summed E-state index contributed by atoms with van der Waals surface area (Å²) in [4.78, 5) is 4.66. The first-order valence-electron chi connectivity index (χ1n) is 9.04. The maximum atomic E-state index is 5.20. The first kappa shape index (κ1) is 17.8. The van der Waals surface area contributed by atoms with Gasteiger partial charge in [-0.25, -0.2) is 0 Å². The van der Waals surface area contributed by atoms with Gasteiger partial charge in [-0.1, -0.05) is 11.3 Å². The summed E-state index contributed by atoms with van der Waals surface area (Å²) < 4.78 is 7.31. The summed E-state index contributed by atoms with van der Waals surface area (Å²) in [6.45, 7) is 4.85. The van der Waals surface area contributed by atoms with E-state index >= 15 is 0 Å². The molecular formula is C19H24N6OS. The third kappa shape index (κ3) is 4.06. The number of piperazine rings is 1. The number of benzene rings is 1. The molecule has 1 aliphatic rings. The van der Waals surface area contributed by atoms with Gasteiger partial charge in [0.1, 0.15) is 5.75 Å². The van der Waals surface area contributed by atoms with E-state index in [2.05, 4.69) is 43.0 Å². The minimum absolute atomic E-state index is 0.711. The van der Waals surface area contributed by atoms with Crippen molar-refractivity contribution in [2.75, 3.05) is 50.6 Å². The van der Waals surface area contributed by atoms with Gasteiger partial charge < -0.3 is 19.9 Å². The van der Waals surface area contributed by atoms with Crippen LogP contribution in [0.4, 0.5) is 10.8 Å². The molecule has 1 aromatic carbocycles. The fraction of sp³-hybridized carbons (Fsp3) is 0.368. The van der Waals surface area contributed by atoms with Gasteiger partial charge in [-0.15, -0.1) is 10.2 Å². The van der Waals surface area contributed by atoms with Crippen LogP contribution < -0.4 is 15.0 Å². The number of rotatable bonds is 6. The van der Waals surface area contributed by atoms with Crippen LogP contribution in [0.1, 0.15) is 5.69 Å². The third-order valence-electron chi connectivity index (χ3n) is 4.78. The van der Waals surface area contributed by atoms with Crippen molar-refractivity contribution < 1.29 is 4.74 Å². The van der Waals surface area contributed by atoms with E-state index in [1.807, 2.05) is 36.5 Å². The highest BCUT2D eigenvalue weighted by molar-refractivity contribution is 7.17. The summed E-state index contributed by atoms with van der Waals surface area (Å²) in [6.07, 6.45) is 2.04. The third-order valence-corrected chi connectivity index (χ3v) is 5.76. The summed E-state index contributed by atoms with van der Waals surface area (Å²) in [7, 11) is 3.83. The van der Waals surface area contributed by atoms with Crippen LogP contribution in [0.5, 0.6) is 5.75 Å². The van der Waals surface area contributed by atoms with E-state index in [9.17, 15) is 0 Å². The number of hydrogen-bond acceptors (Lipinski definition) is 7. The molecule has 142 valence electrons. The number of anilines is 2. The fourth-order valence-corrected chi connectivity index (χ4v) is 3.99. The molecular weight excluding hydrogens is 360 g/mol. The lowest BCUT2D eigenvalue weighted by atomic mass is 10.3. The second-order valence-corrected chi connectivity index (χ2v) is 7.54. The largest absolute Gasteiger partial charge is 0.497 e. The van der Waals surface area contributed by atoms with Gasteiger partial charge in [0.25, 0.3) is 0 Å². The Labute approximate surface area is 163 Å². The Morgan fingerprint density at radius 1 is 1.04 bits per heavy atom. The van der Waals surface area contributed by atoms with Gasteiger partial charge in [-0.3, -0.25) is 4.57 Å². The zero-order chi connectivity index (χ0) is 18.6. The number of ether oxygens (including phenoxy) is 1. The molecule has 0 bridgehead atoms. The second kappa shape index (κ2) is 7.98. The molecule has 1 fully saturated rings. The molecule has 0 amide bonds. The van der Waals surface area contributed by atoms with Gasteiger partial charge in [-0.2, -0.15) is 0 Å². The van der Waals surface area contributed by atoms with Crippen LogP contribution in [0.15, 0.2) is 42.6 Å². The number of methoxy groups -OCH3 is 1. The van der Waals surface area contributed by atoms with E-state index in [0.29, 0.717) is 6.54 Å². The highest BCUT2D eigenvalue weighted by Gasteiger charge is 2.19. The Morgan fingerprint density at radius 3 is 2.52 bits per heavy atom. The van der Waals surface area contributed by atoms with Crippen molar-refractivity contribution >= 4 is 22.2 Å². The lowest BCUT2D eigenvalue weighted by molar-refractivity contribution is 0.312. The fourth-order valence-electron chi connectivity index (χ4n) is 3.08. The van der Waals surface area contributed by atoms with Crippen LogP contribution in [-0.4, -0.2) is 60.0 Å². The van der Waals surface area contributed by atoms with Crippen LogP contribution in [0.2, 0.25) is 0 Å². The molecule has 0 aliphatic carbocycles. The number of likely N-dealkylation sites (N-methyl/N-ethyl adjacent to an activating group) is 1.